The summed E-state index contributed by atoms with van der Waals surface area (Å²) in [5.74, 6) is -0.920. The molecule has 0 aliphatic heterocycles. The van der Waals surface area contributed by atoms with Crippen molar-refractivity contribution in [3.05, 3.63) is 35.9 Å². The molecular formula is C11H11NO4. The molecule has 1 N–H and O–H groups in total. The van der Waals surface area contributed by atoms with E-state index in [1.54, 1.807) is 30.3 Å². The van der Waals surface area contributed by atoms with Gasteiger partial charge in [0.25, 0.3) is 0 Å². The van der Waals surface area contributed by atoms with E-state index in [2.05, 4.69) is 10.1 Å². The van der Waals surface area contributed by atoms with Gasteiger partial charge in [0.15, 0.2) is 12.4 Å². The molecule has 16 heavy (non-hydrogen) atoms. The number of ketones is 1. The molecule has 0 aliphatic rings. The number of nitrogens with one attached hydrogen (secondary N) is 1. The van der Waals surface area contributed by atoms with Gasteiger partial charge in [-0.05, 0) is 0 Å². The van der Waals surface area contributed by atoms with Gasteiger partial charge in [0, 0.05) is 5.56 Å². The van der Waals surface area contributed by atoms with Crippen LogP contribution < -0.4 is 5.32 Å². The Morgan fingerprint density at radius 3 is 2.56 bits per heavy atom. The van der Waals surface area contributed by atoms with Crippen LogP contribution in [0.3, 0.4) is 0 Å². The van der Waals surface area contributed by atoms with Gasteiger partial charge in [-0.2, -0.15) is 0 Å². The van der Waals surface area contributed by atoms with Gasteiger partial charge < -0.3 is 10.1 Å². The van der Waals surface area contributed by atoms with E-state index in [4.69, 9.17) is 0 Å². The van der Waals surface area contributed by atoms with Crippen molar-refractivity contribution in [3.8, 4) is 0 Å². The minimum Gasteiger partial charge on any atom is -0.456 e. The topological polar surface area (TPSA) is 72.5 Å². The molecule has 0 aromatic heterocycles. The van der Waals surface area contributed by atoms with E-state index in [9.17, 15) is 14.4 Å². The third-order valence-electron chi connectivity index (χ3n) is 1.79. The van der Waals surface area contributed by atoms with E-state index in [-0.39, 0.29) is 18.9 Å². The van der Waals surface area contributed by atoms with E-state index in [0.717, 1.165) is 0 Å². The number of Topliss-reactive ketones (excluding diaryl/α,β-unsaturated/α-hetero) is 1. The first-order valence-electron chi connectivity index (χ1n) is 4.65. The maximum atomic E-state index is 11.5. The summed E-state index contributed by atoms with van der Waals surface area (Å²) in [7, 11) is 0. The molecule has 0 saturated carbocycles. The first kappa shape index (κ1) is 11.9. The van der Waals surface area contributed by atoms with Crippen molar-refractivity contribution in [3.63, 3.8) is 0 Å². The second-order valence-electron chi connectivity index (χ2n) is 2.95. The summed E-state index contributed by atoms with van der Waals surface area (Å²) in [5.41, 5.74) is 0.485. The normalized spacial score (nSPS) is 9.25. The molecule has 1 rings (SSSR count). The average Bonchev–Trinajstić information content (AvgIpc) is 2.34. The van der Waals surface area contributed by atoms with Crippen LogP contribution in [-0.4, -0.2) is 31.3 Å². The summed E-state index contributed by atoms with van der Waals surface area (Å²) in [6.07, 6.45) is 0.389. The van der Waals surface area contributed by atoms with Crippen LogP contribution in [0.5, 0.6) is 0 Å². The molecule has 0 bridgehead atoms. The Bertz CT molecular complexity index is 375. The lowest BCUT2D eigenvalue weighted by atomic mass is 10.1. The second-order valence-corrected chi connectivity index (χ2v) is 2.95. The van der Waals surface area contributed by atoms with Crippen molar-refractivity contribution in [2.24, 2.45) is 0 Å². The Hall–Kier alpha value is -2.17. The average molecular weight is 221 g/mol. The van der Waals surface area contributed by atoms with E-state index < -0.39 is 5.97 Å². The molecule has 0 unspecified atom stereocenters. The highest BCUT2D eigenvalue weighted by atomic mass is 16.5. The predicted molar refractivity (Wildman–Crippen MR) is 55.8 cm³/mol. The van der Waals surface area contributed by atoms with Crippen LogP contribution in [0.25, 0.3) is 0 Å². The Kier molecular flexibility index (Phi) is 4.72. The highest BCUT2D eigenvalue weighted by Gasteiger charge is 2.08. The van der Waals surface area contributed by atoms with Crippen LogP contribution >= 0.6 is 0 Å². The van der Waals surface area contributed by atoms with Crippen molar-refractivity contribution in [2.75, 3.05) is 13.2 Å². The molecule has 0 saturated heterocycles. The molecule has 5 heteroatoms. The molecule has 0 aliphatic carbocycles. The third kappa shape index (κ3) is 3.91. The lowest BCUT2D eigenvalue weighted by molar-refractivity contribution is -0.142. The minimum atomic E-state index is -0.642. The van der Waals surface area contributed by atoms with Crippen molar-refractivity contribution >= 4 is 18.2 Å². The zero-order chi connectivity index (χ0) is 11.8. The summed E-state index contributed by atoms with van der Waals surface area (Å²) < 4.78 is 4.65. The van der Waals surface area contributed by atoms with Crippen LogP contribution in [0.2, 0.25) is 0 Å². The molecule has 0 heterocycles. The summed E-state index contributed by atoms with van der Waals surface area (Å²) >= 11 is 0. The molecule has 1 amide bonds. The van der Waals surface area contributed by atoms with Crippen molar-refractivity contribution in [1.82, 2.24) is 5.32 Å². The summed E-state index contributed by atoms with van der Waals surface area (Å²) in [5, 5.41) is 2.15. The molecule has 0 atom stereocenters. The molecular weight excluding hydrogens is 210 g/mol. The number of hydrogen-bond donors (Lipinski definition) is 1. The van der Waals surface area contributed by atoms with Gasteiger partial charge in [0.2, 0.25) is 6.41 Å². The maximum Gasteiger partial charge on any atom is 0.325 e. The number of ether oxygens (including phenoxy) is 1. The van der Waals surface area contributed by atoms with Crippen molar-refractivity contribution in [2.45, 2.75) is 0 Å². The van der Waals surface area contributed by atoms with Gasteiger partial charge in [-0.1, -0.05) is 30.3 Å². The summed E-state index contributed by atoms with van der Waals surface area (Å²) in [6, 6.07) is 8.52. The zero-order valence-electron chi connectivity index (χ0n) is 8.51. The van der Waals surface area contributed by atoms with Gasteiger partial charge in [-0.25, -0.2) is 0 Å². The number of benzene rings is 1. The summed E-state index contributed by atoms with van der Waals surface area (Å²) in [6.45, 7) is -0.547. The van der Waals surface area contributed by atoms with Crippen molar-refractivity contribution < 1.29 is 19.1 Å². The molecule has 1 aromatic rings. The standard InChI is InChI=1S/C11H11NO4/c13-8-12-6-11(15)16-7-10(14)9-4-2-1-3-5-9/h1-5,8H,6-7H2,(H,12,13). The number of esters is 1. The number of rotatable bonds is 6. The first-order valence-corrected chi connectivity index (χ1v) is 4.65. The highest BCUT2D eigenvalue weighted by Crippen LogP contribution is 1.99. The molecule has 0 fully saturated rings. The SMILES string of the molecule is O=CNCC(=O)OCC(=O)c1ccccc1. The fourth-order valence-electron chi connectivity index (χ4n) is 1.03. The fraction of sp³-hybridized carbons (Fsp3) is 0.182. The molecule has 0 spiro atoms. The number of hydrogen-bond acceptors (Lipinski definition) is 4. The minimum absolute atomic E-state index is 0.231. The fourth-order valence-corrected chi connectivity index (χ4v) is 1.03. The quantitative estimate of drug-likeness (QED) is 0.422. The van der Waals surface area contributed by atoms with Gasteiger partial charge in [0.1, 0.15) is 6.54 Å². The van der Waals surface area contributed by atoms with Gasteiger partial charge >= 0.3 is 5.97 Å². The number of amides is 1. The lowest BCUT2D eigenvalue weighted by Crippen LogP contribution is -2.25. The Morgan fingerprint density at radius 1 is 1.25 bits per heavy atom. The second kappa shape index (κ2) is 6.34. The van der Waals surface area contributed by atoms with Crippen LogP contribution in [0.1, 0.15) is 10.4 Å². The summed E-state index contributed by atoms with van der Waals surface area (Å²) in [4.78, 5) is 32.3. The Labute approximate surface area is 92.4 Å². The van der Waals surface area contributed by atoms with E-state index in [1.807, 2.05) is 0 Å². The van der Waals surface area contributed by atoms with Gasteiger partial charge in [-0.3, -0.25) is 14.4 Å². The maximum absolute atomic E-state index is 11.5. The largest absolute Gasteiger partial charge is 0.456 e. The van der Waals surface area contributed by atoms with Crippen LogP contribution in [0.15, 0.2) is 30.3 Å². The molecule has 0 radical (unpaired) electrons. The van der Waals surface area contributed by atoms with E-state index in [0.29, 0.717) is 12.0 Å². The monoisotopic (exact) mass is 221 g/mol. The first-order chi connectivity index (χ1) is 7.74. The zero-order valence-corrected chi connectivity index (χ0v) is 8.51. The van der Waals surface area contributed by atoms with Crippen molar-refractivity contribution in [1.29, 1.82) is 0 Å². The highest BCUT2D eigenvalue weighted by molar-refractivity contribution is 5.97. The Balaban J connectivity index is 2.36. The van der Waals surface area contributed by atoms with E-state index in [1.165, 1.54) is 0 Å². The van der Waals surface area contributed by atoms with Gasteiger partial charge in [0.05, 0.1) is 0 Å². The van der Waals surface area contributed by atoms with Gasteiger partial charge in [-0.15, -0.1) is 0 Å². The smallest absolute Gasteiger partial charge is 0.325 e. The predicted octanol–water partition coefficient (Wildman–Crippen LogP) is 0.158. The number of carbonyl (C=O) groups is 3. The molecule has 1 aromatic carbocycles. The molecule has 5 nitrogen and oxygen atoms in total. The van der Waals surface area contributed by atoms with Crippen LogP contribution in [0.4, 0.5) is 0 Å². The lowest BCUT2D eigenvalue weighted by Gasteiger charge is -2.03. The number of carbonyl (C=O) groups excluding carboxylic acids is 3. The third-order valence-corrected chi connectivity index (χ3v) is 1.79. The molecule has 84 valence electrons. The van der Waals surface area contributed by atoms with Crippen LogP contribution in [-0.2, 0) is 14.3 Å². The Morgan fingerprint density at radius 2 is 1.94 bits per heavy atom. The van der Waals surface area contributed by atoms with Crippen LogP contribution in [0, 0.1) is 0 Å². The van der Waals surface area contributed by atoms with E-state index >= 15 is 0 Å².